The van der Waals surface area contributed by atoms with Crippen LogP contribution in [0.5, 0.6) is 11.5 Å². The molecule has 4 rings (SSSR count). The standard InChI is InChI=1S/C24H26N2O3S/c1-15-6-9-20(10-7-15)28-13-5-12-26-21-14-19(23-17(3)30-18(4)25-23)8-11-22(21)29-16(2)24(26)27/h6-11,14,16H,5,12-13H2,1-4H3. The van der Waals surface area contributed by atoms with E-state index < -0.39 is 6.10 Å². The molecule has 0 aliphatic carbocycles. The summed E-state index contributed by atoms with van der Waals surface area (Å²) in [4.78, 5) is 20.5. The smallest absolute Gasteiger partial charge is 0.267 e. The van der Waals surface area contributed by atoms with E-state index in [1.165, 1.54) is 10.4 Å². The van der Waals surface area contributed by atoms with Crippen LogP contribution in [0.2, 0.25) is 0 Å². The number of carbonyl (C=O) groups excluding carboxylic acids is 1. The fourth-order valence-electron chi connectivity index (χ4n) is 3.63. The molecule has 0 fully saturated rings. The summed E-state index contributed by atoms with van der Waals surface area (Å²) in [5.41, 5.74) is 3.97. The summed E-state index contributed by atoms with van der Waals surface area (Å²) in [7, 11) is 0. The molecular formula is C24H26N2O3S. The van der Waals surface area contributed by atoms with Gasteiger partial charge in [0.05, 0.1) is 23.0 Å². The van der Waals surface area contributed by atoms with Crippen molar-refractivity contribution in [3.63, 3.8) is 0 Å². The zero-order valence-electron chi connectivity index (χ0n) is 17.8. The lowest BCUT2D eigenvalue weighted by molar-refractivity contribution is -0.125. The maximum Gasteiger partial charge on any atom is 0.267 e. The first kappa shape index (κ1) is 20.4. The van der Waals surface area contributed by atoms with Crippen molar-refractivity contribution < 1.29 is 14.3 Å². The number of anilines is 1. The molecule has 0 N–H and O–H groups in total. The molecule has 0 bridgehead atoms. The number of thiazole rings is 1. The molecule has 156 valence electrons. The lowest BCUT2D eigenvalue weighted by Crippen LogP contribution is -2.45. The van der Waals surface area contributed by atoms with Crippen LogP contribution in [0.4, 0.5) is 5.69 Å². The van der Waals surface area contributed by atoms with Crippen LogP contribution in [0, 0.1) is 20.8 Å². The highest BCUT2D eigenvalue weighted by Gasteiger charge is 2.31. The molecule has 2 heterocycles. The summed E-state index contributed by atoms with van der Waals surface area (Å²) < 4.78 is 11.7. The summed E-state index contributed by atoms with van der Waals surface area (Å²) in [6.07, 6.45) is 0.231. The van der Waals surface area contributed by atoms with Gasteiger partial charge >= 0.3 is 0 Å². The Kier molecular flexibility index (Phi) is 5.77. The summed E-state index contributed by atoms with van der Waals surface area (Å²) in [5, 5.41) is 1.03. The summed E-state index contributed by atoms with van der Waals surface area (Å²) >= 11 is 1.68. The van der Waals surface area contributed by atoms with Crippen LogP contribution in [-0.4, -0.2) is 30.1 Å². The van der Waals surface area contributed by atoms with E-state index in [1.807, 2.05) is 54.3 Å². The molecule has 3 aromatic rings. The molecular weight excluding hydrogens is 396 g/mol. The van der Waals surface area contributed by atoms with Crippen LogP contribution in [0.25, 0.3) is 11.3 Å². The predicted molar refractivity (Wildman–Crippen MR) is 121 cm³/mol. The summed E-state index contributed by atoms with van der Waals surface area (Å²) in [6.45, 7) is 9.04. The minimum Gasteiger partial charge on any atom is -0.494 e. The maximum absolute atomic E-state index is 12.9. The number of nitrogens with zero attached hydrogens (tertiary/aromatic N) is 2. The number of carbonyl (C=O) groups is 1. The monoisotopic (exact) mass is 422 g/mol. The number of aromatic nitrogens is 1. The molecule has 0 saturated carbocycles. The van der Waals surface area contributed by atoms with Crippen molar-refractivity contribution in [3.8, 4) is 22.8 Å². The fourth-order valence-corrected chi connectivity index (χ4v) is 4.47. The van der Waals surface area contributed by atoms with Gasteiger partial charge in [-0.1, -0.05) is 17.7 Å². The zero-order valence-corrected chi connectivity index (χ0v) is 18.6. The van der Waals surface area contributed by atoms with Gasteiger partial charge in [0.25, 0.3) is 5.91 Å². The highest BCUT2D eigenvalue weighted by atomic mass is 32.1. The zero-order chi connectivity index (χ0) is 21.3. The number of hydrogen-bond donors (Lipinski definition) is 0. The van der Waals surface area contributed by atoms with Crippen LogP contribution >= 0.6 is 11.3 Å². The van der Waals surface area contributed by atoms with Crippen LogP contribution in [0.1, 0.15) is 28.8 Å². The summed E-state index contributed by atoms with van der Waals surface area (Å²) in [6, 6.07) is 14.0. The third-order valence-electron chi connectivity index (χ3n) is 5.16. The van der Waals surface area contributed by atoms with Crippen molar-refractivity contribution in [2.24, 2.45) is 0 Å². The lowest BCUT2D eigenvalue weighted by atomic mass is 10.1. The normalized spacial score (nSPS) is 15.7. The predicted octanol–water partition coefficient (Wildman–Crippen LogP) is 5.32. The largest absolute Gasteiger partial charge is 0.494 e. The van der Waals surface area contributed by atoms with Crippen LogP contribution < -0.4 is 14.4 Å². The topological polar surface area (TPSA) is 51.7 Å². The van der Waals surface area contributed by atoms with E-state index in [4.69, 9.17) is 9.47 Å². The van der Waals surface area contributed by atoms with Crippen molar-refractivity contribution in [2.45, 2.75) is 40.2 Å². The highest BCUT2D eigenvalue weighted by molar-refractivity contribution is 7.11. The minimum absolute atomic E-state index is 0.0267. The van der Waals surface area contributed by atoms with E-state index in [1.54, 1.807) is 18.3 Å². The second-order valence-corrected chi connectivity index (χ2v) is 8.99. The van der Waals surface area contributed by atoms with Crippen molar-refractivity contribution in [1.29, 1.82) is 0 Å². The Morgan fingerprint density at radius 3 is 2.60 bits per heavy atom. The number of ether oxygens (including phenoxy) is 2. The van der Waals surface area contributed by atoms with Gasteiger partial charge in [0.15, 0.2) is 6.10 Å². The average molecular weight is 423 g/mol. The van der Waals surface area contributed by atoms with Gasteiger partial charge in [-0.2, -0.15) is 0 Å². The van der Waals surface area contributed by atoms with Gasteiger partial charge in [0.1, 0.15) is 11.5 Å². The number of hydrogen-bond acceptors (Lipinski definition) is 5. The SMILES string of the molecule is Cc1ccc(OCCCN2C(=O)C(C)Oc3ccc(-c4nc(C)sc4C)cc32)cc1. The Balaban J connectivity index is 1.51. The Hall–Kier alpha value is -2.86. The fraction of sp³-hybridized carbons (Fsp3) is 0.333. The van der Waals surface area contributed by atoms with Crippen molar-refractivity contribution >= 4 is 22.9 Å². The molecule has 1 unspecified atom stereocenters. The summed E-state index contributed by atoms with van der Waals surface area (Å²) in [5.74, 6) is 1.55. The second-order valence-electron chi connectivity index (χ2n) is 7.59. The van der Waals surface area contributed by atoms with Gasteiger partial charge in [0, 0.05) is 17.0 Å². The number of benzene rings is 2. The molecule has 1 amide bonds. The molecule has 1 aromatic heterocycles. The highest BCUT2D eigenvalue weighted by Crippen LogP contribution is 2.38. The quantitative estimate of drug-likeness (QED) is 0.505. The molecule has 0 saturated heterocycles. The molecule has 2 aromatic carbocycles. The van der Waals surface area contributed by atoms with Gasteiger partial charge in [-0.3, -0.25) is 4.79 Å². The maximum atomic E-state index is 12.9. The van der Waals surface area contributed by atoms with Gasteiger partial charge < -0.3 is 14.4 Å². The Morgan fingerprint density at radius 1 is 1.13 bits per heavy atom. The van der Waals surface area contributed by atoms with Crippen molar-refractivity contribution in [3.05, 3.63) is 57.9 Å². The van der Waals surface area contributed by atoms with Gasteiger partial charge in [-0.15, -0.1) is 11.3 Å². The van der Waals surface area contributed by atoms with Crippen LogP contribution in [0.15, 0.2) is 42.5 Å². The lowest BCUT2D eigenvalue weighted by Gasteiger charge is -2.33. The van der Waals surface area contributed by atoms with E-state index in [0.717, 1.165) is 39.9 Å². The third-order valence-corrected chi connectivity index (χ3v) is 6.05. The molecule has 1 atom stereocenters. The minimum atomic E-state index is -0.496. The van der Waals surface area contributed by atoms with E-state index in [0.29, 0.717) is 13.2 Å². The number of fused-ring (bicyclic) bond motifs is 1. The van der Waals surface area contributed by atoms with E-state index in [9.17, 15) is 4.79 Å². The average Bonchev–Trinajstić information content (AvgIpc) is 3.07. The van der Waals surface area contributed by atoms with Crippen molar-refractivity contribution in [2.75, 3.05) is 18.1 Å². The number of amides is 1. The Bertz CT molecular complexity index is 1060. The second kappa shape index (κ2) is 8.48. The molecule has 0 radical (unpaired) electrons. The molecule has 5 nitrogen and oxygen atoms in total. The Labute approximate surface area is 181 Å². The van der Waals surface area contributed by atoms with Crippen LogP contribution in [0.3, 0.4) is 0 Å². The van der Waals surface area contributed by atoms with E-state index >= 15 is 0 Å². The Morgan fingerprint density at radius 2 is 1.90 bits per heavy atom. The molecule has 1 aliphatic heterocycles. The van der Waals surface area contributed by atoms with Crippen LogP contribution in [-0.2, 0) is 4.79 Å². The molecule has 30 heavy (non-hydrogen) atoms. The number of rotatable bonds is 6. The van der Waals surface area contributed by atoms with Crippen molar-refractivity contribution in [1.82, 2.24) is 4.98 Å². The van der Waals surface area contributed by atoms with Gasteiger partial charge in [-0.05, 0) is 64.4 Å². The third kappa shape index (κ3) is 4.19. The van der Waals surface area contributed by atoms with Gasteiger partial charge in [-0.25, -0.2) is 4.98 Å². The number of aryl methyl sites for hydroxylation is 3. The molecule has 1 aliphatic rings. The first-order valence-corrected chi connectivity index (χ1v) is 11.0. The van der Waals surface area contributed by atoms with E-state index in [-0.39, 0.29) is 5.91 Å². The van der Waals surface area contributed by atoms with E-state index in [2.05, 4.69) is 18.8 Å². The first-order valence-electron chi connectivity index (χ1n) is 10.2. The molecule has 6 heteroatoms. The first-order chi connectivity index (χ1) is 14.4. The molecule has 0 spiro atoms. The van der Waals surface area contributed by atoms with Gasteiger partial charge in [0.2, 0.25) is 0 Å².